The third-order valence-corrected chi connectivity index (χ3v) is 3.87. The quantitative estimate of drug-likeness (QED) is 0.616. The Kier molecular flexibility index (Phi) is 4.95. The summed E-state index contributed by atoms with van der Waals surface area (Å²) >= 11 is 0. The summed E-state index contributed by atoms with van der Waals surface area (Å²) in [7, 11) is -1.03. The van der Waals surface area contributed by atoms with Crippen LogP contribution in [0.2, 0.25) is 0 Å². The molecule has 1 rings (SSSR count). The maximum absolute atomic E-state index is 11.1. The zero-order chi connectivity index (χ0) is 13.1. The van der Waals surface area contributed by atoms with Gasteiger partial charge in [0.1, 0.15) is 9.84 Å². The number of hydrogen-bond donors (Lipinski definition) is 2. The van der Waals surface area contributed by atoms with Crippen LogP contribution >= 0.6 is 0 Å². The Labute approximate surface area is 104 Å². The molecule has 1 fully saturated rings. The summed E-state index contributed by atoms with van der Waals surface area (Å²) in [6.45, 7) is 3.19. The first kappa shape index (κ1) is 14.9. The predicted octanol–water partition coefficient (Wildman–Crippen LogP) is -0.534. The molecule has 1 aliphatic rings. The lowest BCUT2D eigenvalue weighted by atomic mass is 10.0. The van der Waals surface area contributed by atoms with Gasteiger partial charge in [-0.25, -0.2) is 8.42 Å². The summed E-state index contributed by atoms with van der Waals surface area (Å²) in [5.41, 5.74) is -0.340. The molecule has 0 aromatic heterocycles. The smallest absolute Gasteiger partial charge is 0.148 e. The van der Waals surface area contributed by atoms with Crippen molar-refractivity contribution in [2.75, 3.05) is 38.8 Å². The zero-order valence-electron chi connectivity index (χ0n) is 10.9. The number of likely N-dealkylation sites (N-methyl/N-ethyl adjacent to an activating group) is 1. The third kappa shape index (κ3) is 6.35. The molecule has 0 heterocycles. The van der Waals surface area contributed by atoms with Gasteiger partial charge in [0.25, 0.3) is 0 Å². The lowest BCUT2D eigenvalue weighted by molar-refractivity contribution is 0.133. The molecule has 2 N–H and O–H groups in total. The standard InChI is InChI=1S/C11H24N2O3S/c1-11(9-14,12-10-4-5-10)8-13(2)6-7-17(3,15)16/h10,12,14H,4-9H2,1-3H3. The van der Waals surface area contributed by atoms with Crippen LogP contribution < -0.4 is 5.32 Å². The highest BCUT2D eigenvalue weighted by Crippen LogP contribution is 2.22. The fourth-order valence-electron chi connectivity index (χ4n) is 1.86. The van der Waals surface area contributed by atoms with Crippen LogP contribution in [0.4, 0.5) is 0 Å². The SMILES string of the molecule is CN(CCS(C)(=O)=O)CC(C)(CO)NC1CC1. The molecule has 5 nitrogen and oxygen atoms in total. The van der Waals surface area contributed by atoms with Gasteiger partial charge in [-0.1, -0.05) is 0 Å². The number of hydrogen-bond acceptors (Lipinski definition) is 5. The predicted molar refractivity (Wildman–Crippen MR) is 68.9 cm³/mol. The van der Waals surface area contributed by atoms with Gasteiger partial charge < -0.3 is 15.3 Å². The lowest BCUT2D eigenvalue weighted by Gasteiger charge is -2.33. The molecule has 1 unspecified atom stereocenters. The molecule has 0 spiro atoms. The Bertz CT molecular complexity index is 341. The van der Waals surface area contributed by atoms with Crippen LogP contribution in [0, 0.1) is 0 Å². The number of nitrogens with one attached hydrogen (secondary N) is 1. The minimum Gasteiger partial charge on any atom is -0.394 e. The first-order valence-electron chi connectivity index (χ1n) is 5.99. The van der Waals surface area contributed by atoms with Gasteiger partial charge in [0.15, 0.2) is 0 Å². The van der Waals surface area contributed by atoms with E-state index < -0.39 is 9.84 Å². The van der Waals surface area contributed by atoms with Gasteiger partial charge in [-0.05, 0) is 26.8 Å². The van der Waals surface area contributed by atoms with Crippen molar-refractivity contribution in [1.29, 1.82) is 0 Å². The molecule has 0 bridgehead atoms. The van der Waals surface area contributed by atoms with Crippen molar-refractivity contribution in [2.45, 2.75) is 31.3 Å². The number of aliphatic hydroxyl groups excluding tert-OH is 1. The second-order valence-electron chi connectivity index (χ2n) is 5.51. The maximum Gasteiger partial charge on any atom is 0.148 e. The molecule has 0 saturated heterocycles. The number of sulfone groups is 1. The van der Waals surface area contributed by atoms with E-state index in [0.717, 1.165) is 0 Å². The van der Waals surface area contributed by atoms with E-state index in [9.17, 15) is 13.5 Å². The van der Waals surface area contributed by atoms with Crippen LogP contribution in [0.1, 0.15) is 19.8 Å². The van der Waals surface area contributed by atoms with Crippen LogP contribution in [-0.2, 0) is 9.84 Å². The highest BCUT2D eigenvalue weighted by Gasteiger charge is 2.32. The Balaban J connectivity index is 2.38. The summed E-state index contributed by atoms with van der Waals surface area (Å²) in [5.74, 6) is 0.161. The van der Waals surface area contributed by atoms with Crippen molar-refractivity contribution in [3.63, 3.8) is 0 Å². The van der Waals surface area contributed by atoms with Crippen LogP contribution in [0.15, 0.2) is 0 Å². The summed E-state index contributed by atoms with van der Waals surface area (Å²) in [4.78, 5) is 1.95. The molecule has 0 radical (unpaired) electrons. The first-order valence-corrected chi connectivity index (χ1v) is 8.05. The Morgan fingerprint density at radius 2 is 2.06 bits per heavy atom. The van der Waals surface area contributed by atoms with E-state index in [2.05, 4.69) is 5.32 Å². The summed E-state index contributed by atoms with van der Waals surface area (Å²) in [6.07, 6.45) is 3.58. The van der Waals surface area contributed by atoms with Crippen molar-refractivity contribution in [2.24, 2.45) is 0 Å². The number of aliphatic hydroxyl groups is 1. The van der Waals surface area contributed by atoms with Crippen LogP contribution in [0.5, 0.6) is 0 Å². The van der Waals surface area contributed by atoms with E-state index in [4.69, 9.17) is 0 Å². The number of rotatable bonds is 8. The first-order chi connectivity index (χ1) is 7.74. The molecule has 1 atom stereocenters. The molecule has 0 amide bonds. The van der Waals surface area contributed by atoms with E-state index in [1.54, 1.807) is 0 Å². The van der Waals surface area contributed by atoms with Crippen molar-refractivity contribution < 1.29 is 13.5 Å². The Morgan fingerprint density at radius 1 is 1.47 bits per heavy atom. The fourth-order valence-corrected chi connectivity index (χ4v) is 2.50. The topological polar surface area (TPSA) is 69.6 Å². The third-order valence-electron chi connectivity index (χ3n) is 2.94. The highest BCUT2D eigenvalue weighted by molar-refractivity contribution is 7.90. The minimum atomic E-state index is -2.92. The normalized spacial score (nSPS) is 20.5. The van der Waals surface area contributed by atoms with E-state index in [0.29, 0.717) is 19.1 Å². The second-order valence-corrected chi connectivity index (χ2v) is 7.76. The van der Waals surface area contributed by atoms with Crippen molar-refractivity contribution in [3.05, 3.63) is 0 Å². The van der Waals surface area contributed by atoms with Gasteiger partial charge in [0.05, 0.1) is 17.9 Å². The zero-order valence-corrected chi connectivity index (χ0v) is 11.8. The number of nitrogens with zero attached hydrogens (tertiary/aromatic N) is 1. The molecule has 0 aromatic carbocycles. The molecule has 102 valence electrons. The van der Waals surface area contributed by atoms with Gasteiger partial charge in [-0.3, -0.25) is 0 Å². The average Bonchev–Trinajstić information content (AvgIpc) is 2.97. The van der Waals surface area contributed by atoms with Crippen LogP contribution in [-0.4, -0.2) is 68.8 Å². The summed E-state index contributed by atoms with van der Waals surface area (Å²) in [5, 5.41) is 12.8. The molecular weight excluding hydrogens is 240 g/mol. The summed E-state index contributed by atoms with van der Waals surface area (Å²) in [6, 6.07) is 0.524. The van der Waals surface area contributed by atoms with Gasteiger partial charge in [-0.15, -0.1) is 0 Å². The van der Waals surface area contributed by atoms with Gasteiger partial charge in [0, 0.05) is 25.4 Å². The van der Waals surface area contributed by atoms with Crippen molar-refractivity contribution in [1.82, 2.24) is 10.2 Å². The highest BCUT2D eigenvalue weighted by atomic mass is 32.2. The Morgan fingerprint density at radius 3 is 2.47 bits per heavy atom. The van der Waals surface area contributed by atoms with E-state index in [1.807, 2.05) is 18.9 Å². The van der Waals surface area contributed by atoms with Crippen LogP contribution in [0.25, 0.3) is 0 Å². The van der Waals surface area contributed by atoms with Crippen molar-refractivity contribution in [3.8, 4) is 0 Å². The largest absolute Gasteiger partial charge is 0.394 e. The molecule has 1 aliphatic carbocycles. The lowest BCUT2D eigenvalue weighted by Crippen LogP contribution is -2.54. The van der Waals surface area contributed by atoms with E-state index >= 15 is 0 Å². The van der Waals surface area contributed by atoms with Gasteiger partial charge in [0.2, 0.25) is 0 Å². The monoisotopic (exact) mass is 264 g/mol. The molecule has 6 heteroatoms. The molecule has 0 aliphatic heterocycles. The molecule has 17 heavy (non-hydrogen) atoms. The van der Waals surface area contributed by atoms with Gasteiger partial charge in [-0.2, -0.15) is 0 Å². The maximum atomic E-state index is 11.1. The fraction of sp³-hybridized carbons (Fsp3) is 1.00. The minimum absolute atomic E-state index is 0.0622. The molecule has 0 aromatic rings. The Hall–Kier alpha value is -0.170. The molecular formula is C11H24N2O3S. The van der Waals surface area contributed by atoms with Crippen LogP contribution in [0.3, 0.4) is 0 Å². The van der Waals surface area contributed by atoms with E-state index in [1.165, 1.54) is 19.1 Å². The van der Waals surface area contributed by atoms with Crippen molar-refractivity contribution >= 4 is 9.84 Å². The molecule has 1 saturated carbocycles. The second kappa shape index (κ2) is 5.65. The average molecular weight is 264 g/mol. The van der Waals surface area contributed by atoms with Gasteiger partial charge >= 0.3 is 0 Å². The van der Waals surface area contributed by atoms with E-state index in [-0.39, 0.29) is 17.9 Å². The summed E-state index contributed by atoms with van der Waals surface area (Å²) < 4.78 is 22.1.